The first kappa shape index (κ1) is 22.2. The fourth-order valence-electron chi connectivity index (χ4n) is 4.30. The van der Waals surface area contributed by atoms with Crippen LogP contribution in [-0.4, -0.2) is 25.9 Å². The van der Waals surface area contributed by atoms with E-state index in [0.717, 1.165) is 56.5 Å². The van der Waals surface area contributed by atoms with Gasteiger partial charge in [0.15, 0.2) is 0 Å². The highest BCUT2D eigenvalue weighted by Crippen LogP contribution is 2.44. The smallest absolute Gasteiger partial charge is 0.124 e. The molecule has 0 aliphatic heterocycles. The quantitative estimate of drug-likeness (QED) is 0.263. The van der Waals surface area contributed by atoms with Crippen molar-refractivity contribution in [3.8, 4) is 34.1 Å². The Morgan fingerprint density at radius 3 is 1.91 bits per heavy atom. The molecule has 0 aliphatic rings. The van der Waals surface area contributed by atoms with Gasteiger partial charge in [-0.2, -0.15) is 0 Å². The first-order chi connectivity index (χ1) is 17.1. The number of hydrogen-bond donors (Lipinski definition) is 2. The maximum atomic E-state index is 6.34. The number of nitrogens with two attached hydrogens (primary N) is 1. The highest BCUT2D eigenvalue weighted by atomic mass is 16.5. The molecule has 0 saturated heterocycles. The monoisotopic (exact) mass is 465 g/mol. The van der Waals surface area contributed by atoms with Crippen molar-refractivity contribution in [2.75, 3.05) is 32.4 Å². The summed E-state index contributed by atoms with van der Waals surface area (Å²) in [4.78, 5) is 0. The van der Waals surface area contributed by atoms with Gasteiger partial charge in [-0.25, -0.2) is 0 Å². The molecule has 5 rings (SSSR count). The Balaban J connectivity index is 1.84. The van der Waals surface area contributed by atoms with E-state index >= 15 is 0 Å². The van der Waals surface area contributed by atoms with E-state index in [2.05, 4.69) is 34.1 Å². The summed E-state index contributed by atoms with van der Waals surface area (Å²) in [5.41, 5.74) is 11.9. The number of anilines is 3. The Hall–Kier alpha value is -4.58. The van der Waals surface area contributed by atoms with Gasteiger partial charge in [0.2, 0.25) is 0 Å². The number of fused-ring (bicyclic) bond motifs is 1. The molecule has 0 bridgehead atoms. The van der Waals surface area contributed by atoms with Crippen LogP contribution >= 0.6 is 0 Å². The fraction of sp³-hybridized carbons (Fsp3) is 0.103. The number of benzene rings is 4. The number of nitrogen functional groups attached to an aromatic ring is 1. The van der Waals surface area contributed by atoms with Crippen LogP contribution in [0, 0.1) is 0 Å². The minimum atomic E-state index is 0.664. The van der Waals surface area contributed by atoms with Crippen LogP contribution in [-0.2, 0) is 0 Å². The highest BCUT2D eigenvalue weighted by Gasteiger charge is 2.21. The molecular weight excluding hydrogens is 438 g/mol. The number of aromatic nitrogens is 1. The summed E-state index contributed by atoms with van der Waals surface area (Å²) in [6, 6.07) is 29.9. The van der Waals surface area contributed by atoms with Crippen molar-refractivity contribution in [3.63, 3.8) is 0 Å². The lowest BCUT2D eigenvalue weighted by Gasteiger charge is -2.16. The molecule has 3 N–H and O–H groups in total. The van der Waals surface area contributed by atoms with Crippen LogP contribution in [0.15, 0.2) is 91.0 Å². The lowest BCUT2D eigenvalue weighted by molar-refractivity contribution is 0.414. The molecule has 6 heteroatoms. The molecule has 0 unspecified atom stereocenters. The van der Waals surface area contributed by atoms with Crippen LogP contribution in [0.3, 0.4) is 0 Å². The zero-order chi connectivity index (χ0) is 24.4. The van der Waals surface area contributed by atoms with Gasteiger partial charge < -0.3 is 25.3 Å². The third-order valence-electron chi connectivity index (χ3n) is 6.10. The molecule has 1 heterocycles. The molecule has 0 fully saturated rings. The third-order valence-corrected chi connectivity index (χ3v) is 6.10. The molecule has 1 aromatic heterocycles. The number of para-hydroxylation sites is 2. The van der Waals surface area contributed by atoms with E-state index in [1.54, 1.807) is 21.3 Å². The van der Waals surface area contributed by atoms with E-state index in [9.17, 15) is 0 Å². The number of ether oxygens (including phenoxy) is 3. The van der Waals surface area contributed by atoms with Gasteiger partial charge in [0.05, 0.1) is 38.2 Å². The van der Waals surface area contributed by atoms with Gasteiger partial charge in [-0.15, -0.1) is 0 Å². The predicted molar refractivity (Wildman–Crippen MR) is 143 cm³/mol. The van der Waals surface area contributed by atoms with Gasteiger partial charge >= 0.3 is 0 Å². The van der Waals surface area contributed by atoms with E-state index in [4.69, 9.17) is 19.9 Å². The fourth-order valence-corrected chi connectivity index (χ4v) is 4.30. The zero-order valence-corrected chi connectivity index (χ0v) is 19.9. The number of methoxy groups -OCH3 is 3. The molecule has 35 heavy (non-hydrogen) atoms. The average molecular weight is 466 g/mol. The van der Waals surface area contributed by atoms with Gasteiger partial charge in [-0.3, -0.25) is 4.57 Å². The summed E-state index contributed by atoms with van der Waals surface area (Å²) >= 11 is 0. The van der Waals surface area contributed by atoms with Crippen molar-refractivity contribution in [1.82, 2.24) is 4.57 Å². The van der Waals surface area contributed by atoms with E-state index in [1.165, 1.54) is 0 Å². The Labute approximate surface area is 204 Å². The topological polar surface area (TPSA) is 70.7 Å². The predicted octanol–water partition coefficient (Wildman–Crippen LogP) is 6.65. The summed E-state index contributed by atoms with van der Waals surface area (Å²) in [5.74, 6) is 3.27. The second kappa shape index (κ2) is 9.35. The maximum Gasteiger partial charge on any atom is 0.124 e. The summed E-state index contributed by atoms with van der Waals surface area (Å²) < 4.78 is 18.6. The minimum absolute atomic E-state index is 0.664. The van der Waals surface area contributed by atoms with Gasteiger partial charge in [-0.1, -0.05) is 24.3 Å². The van der Waals surface area contributed by atoms with Gasteiger partial charge in [0.1, 0.15) is 23.1 Å². The lowest BCUT2D eigenvalue weighted by atomic mass is 10.0. The Kier molecular flexibility index (Phi) is 5.94. The van der Waals surface area contributed by atoms with E-state index in [-0.39, 0.29) is 0 Å². The van der Waals surface area contributed by atoms with Crippen LogP contribution in [0.2, 0.25) is 0 Å². The second-order valence-corrected chi connectivity index (χ2v) is 8.08. The van der Waals surface area contributed by atoms with Crippen LogP contribution in [0.4, 0.5) is 17.2 Å². The zero-order valence-electron chi connectivity index (χ0n) is 19.9. The normalized spacial score (nSPS) is 10.8. The second-order valence-electron chi connectivity index (χ2n) is 8.08. The van der Waals surface area contributed by atoms with Crippen molar-refractivity contribution in [2.24, 2.45) is 0 Å². The minimum Gasteiger partial charge on any atom is -0.497 e. The average Bonchev–Trinajstić information content (AvgIpc) is 3.22. The highest BCUT2D eigenvalue weighted by molar-refractivity contribution is 6.06. The molecule has 0 aliphatic carbocycles. The SMILES string of the molecule is COc1ccc(-c2c(Nc3ccccc3N)n(-c3ccc(OC)cc3)c3ccc(OC)cc23)cc1. The first-order valence-electron chi connectivity index (χ1n) is 11.3. The van der Waals surface area contributed by atoms with E-state index in [1.807, 2.05) is 66.7 Å². The molecule has 0 spiro atoms. The Morgan fingerprint density at radius 2 is 1.29 bits per heavy atom. The summed E-state index contributed by atoms with van der Waals surface area (Å²) in [7, 11) is 5.01. The van der Waals surface area contributed by atoms with Gasteiger partial charge in [0, 0.05) is 16.6 Å². The third kappa shape index (κ3) is 4.10. The van der Waals surface area contributed by atoms with Crippen molar-refractivity contribution >= 4 is 28.1 Å². The summed E-state index contributed by atoms with van der Waals surface area (Å²) in [6.45, 7) is 0. The molecule has 0 amide bonds. The largest absolute Gasteiger partial charge is 0.497 e. The Morgan fingerprint density at radius 1 is 0.686 bits per heavy atom. The van der Waals surface area contributed by atoms with Crippen LogP contribution in [0.25, 0.3) is 27.7 Å². The molecule has 0 saturated carbocycles. The van der Waals surface area contributed by atoms with E-state index < -0.39 is 0 Å². The van der Waals surface area contributed by atoms with Crippen LogP contribution < -0.4 is 25.3 Å². The number of nitrogens with zero attached hydrogens (tertiary/aromatic N) is 1. The summed E-state index contributed by atoms with van der Waals surface area (Å²) in [6.07, 6.45) is 0. The van der Waals surface area contributed by atoms with Crippen molar-refractivity contribution in [2.45, 2.75) is 0 Å². The lowest BCUT2D eigenvalue weighted by Crippen LogP contribution is -2.03. The number of nitrogens with one attached hydrogen (secondary N) is 1. The van der Waals surface area contributed by atoms with Crippen molar-refractivity contribution in [3.05, 3.63) is 91.0 Å². The molecule has 0 radical (unpaired) electrons. The molecule has 4 aromatic carbocycles. The molecule has 0 atom stereocenters. The standard InChI is InChI=1S/C29H27N3O3/c1-33-21-12-8-19(9-13-21)28-24-18-23(35-3)16-17-27(24)32(20-10-14-22(34-2)15-11-20)29(28)31-26-7-5-4-6-25(26)30/h4-18,31H,30H2,1-3H3. The van der Waals surface area contributed by atoms with E-state index in [0.29, 0.717) is 5.69 Å². The molecule has 5 aromatic rings. The number of rotatable bonds is 7. The first-order valence-corrected chi connectivity index (χ1v) is 11.3. The van der Waals surface area contributed by atoms with Crippen molar-refractivity contribution in [1.29, 1.82) is 0 Å². The number of hydrogen-bond acceptors (Lipinski definition) is 5. The summed E-state index contributed by atoms with van der Waals surface area (Å²) in [5, 5.41) is 4.67. The van der Waals surface area contributed by atoms with Gasteiger partial charge in [0.25, 0.3) is 0 Å². The van der Waals surface area contributed by atoms with Crippen LogP contribution in [0.1, 0.15) is 0 Å². The Bertz CT molecular complexity index is 1470. The van der Waals surface area contributed by atoms with Crippen LogP contribution in [0.5, 0.6) is 17.2 Å². The maximum absolute atomic E-state index is 6.34. The molecule has 6 nitrogen and oxygen atoms in total. The van der Waals surface area contributed by atoms with Crippen molar-refractivity contribution < 1.29 is 14.2 Å². The molecule has 176 valence electrons. The molecular formula is C29H27N3O3. The van der Waals surface area contributed by atoms with Gasteiger partial charge in [-0.05, 0) is 72.3 Å².